The second-order valence-electron chi connectivity index (χ2n) is 4.28. The molecule has 0 amide bonds. The number of ether oxygens (including phenoxy) is 1. The summed E-state index contributed by atoms with van der Waals surface area (Å²) in [5.41, 5.74) is 0.990. The first-order chi connectivity index (χ1) is 7.65. The van der Waals surface area contributed by atoms with Crippen LogP contribution in [0.15, 0.2) is 18.2 Å². The summed E-state index contributed by atoms with van der Waals surface area (Å²) in [7, 11) is 1.69. The predicted molar refractivity (Wildman–Crippen MR) is 66.2 cm³/mol. The molecule has 3 nitrogen and oxygen atoms in total. The molecule has 1 unspecified atom stereocenters. The first kappa shape index (κ1) is 11.7. The zero-order valence-corrected chi connectivity index (χ0v) is 10.4. The highest BCUT2D eigenvalue weighted by atomic mass is 35.5. The number of methoxy groups -OCH3 is 1. The molecule has 1 atom stereocenters. The lowest BCUT2D eigenvalue weighted by molar-refractivity contribution is 0.289. The Morgan fingerprint density at radius 1 is 1.38 bits per heavy atom. The maximum Gasteiger partial charge on any atom is 0.124 e. The van der Waals surface area contributed by atoms with Crippen molar-refractivity contribution in [1.29, 1.82) is 0 Å². The lowest BCUT2D eigenvalue weighted by Gasteiger charge is -2.36. The van der Waals surface area contributed by atoms with Gasteiger partial charge in [0.15, 0.2) is 0 Å². The average molecular weight is 241 g/mol. The molecule has 0 saturated carbocycles. The van der Waals surface area contributed by atoms with E-state index in [1.807, 2.05) is 18.2 Å². The Balaban J connectivity index is 2.40. The predicted octanol–water partition coefficient (Wildman–Crippen LogP) is 1.76. The number of hydrogen-bond acceptors (Lipinski definition) is 3. The summed E-state index contributed by atoms with van der Waals surface area (Å²) in [6.07, 6.45) is 0. The lowest BCUT2D eigenvalue weighted by Crippen LogP contribution is -2.55. The Morgan fingerprint density at radius 3 is 2.81 bits per heavy atom. The van der Waals surface area contributed by atoms with Gasteiger partial charge in [-0.25, -0.2) is 0 Å². The summed E-state index contributed by atoms with van der Waals surface area (Å²) in [4.78, 5) is 0. The molecule has 1 aromatic carbocycles. The second-order valence-corrected chi connectivity index (χ2v) is 4.72. The smallest absolute Gasteiger partial charge is 0.124 e. The third kappa shape index (κ3) is 2.17. The molecule has 0 bridgehead atoms. The highest BCUT2D eigenvalue weighted by Gasteiger charge is 2.31. The van der Waals surface area contributed by atoms with Crippen molar-refractivity contribution in [1.82, 2.24) is 10.6 Å². The van der Waals surface area contributed by atoms with Gasteiger partial charge in [-0.2, -0.15) is 0 Å². The fraction of sp³-hybridized carbons (Fsp3) is 0.500. The van der Waals surface area contributed by atoms with E-state index in [9.17, 15) is 0 Å². The van der Waals surface area contributed by atoms with Crippen molar-refractivity contribution < 1.29 is 4.74 Å². The summed E-state index contributed by atoms with van der Waals surface area (Å²) in [6.45, 7) is 4.99. The maximum absolute atomic E-state index is 6.05. The van der Waals surface area contributed by atoms with Crippen molar-refractivity contribution in [3.8, 4) is 5.75 Å². The van der Waals surface area contributed by atoms with Gasteiger partial charge in [0.25, 0.3) is 0 Å². The molecule has 1 heterocycles. The molecule has 4 heteroatoms. The first-order valence-corrected chi connectivity index (χ1v) is 5.83. The summed E-state index contributed by atoms with van der Waals surface area (Å²) < 4.78 is 5.39. The molecule has 1 fully saturated rings. The Kier molecular flexibility index (Phi) is 3.38. The van der Waals surface area contributed by atoms with Crippen LogP contribution in [0.3, 0.4) is 0 Å². The third-order valence-corrected chi connectivity index (χ3v) is 3.29. The molecule has 16 heavy (non-hydrogen) atoms. The normalized spacial score (nSPS) is 25.4. The van der Waals surface area contributed by atoms with Crippen molar-refractivity contribution >= 4 is 11.6 Å². The number of benzene rings is 1. The van der Waals surface area contributed by atoms with Gasteiger partial charge in [-0.15, -0.1) is 0 Å². The standard InChI is InChI=1S/C12H17ClN2O/c1-12(8-14-5-6-15-12)10-7-9(13)3-4-11(10)16-2/h3-4,7,14-15H,5-6,8H2,1-2H3. The minimum atomic E-state index is -0.117. The van der Waals surface area contributed by atoms with E-state index in [-0.39, 0.29) is 5.54 Å². The monoisotopic (exact) mass is 240 g/mol. The highest BCUT2D eigenvalue weighted by molar-refractivity contribution is 6.30. The van der Waals surface area contributed by atoms with Crippen molar-refractivity contribution in [2.75, 3.05) is 26.7 Å². The van der Waals surface area contributed by atoms with Gasteiger partial charge in [-0.05, 0) is 25.1 Å². The quantitative estimate of drug-likeness (QED) is 0.827. The molecule has 0 aliphatic carbocycles. The summed E-state index contributed by atoms with van der Waals surface area (Å²) in [5.74, 6) is 0.878. The molecule has 2 rings (SSSR count). The molecular weight excluding hydrogens is 224 g/mol. The van der Waals surface area contributed by atoms with Crippen LogP contribution in [0, 0.1) is 0 Å². The van der Waals surface area contributed by atoms with Crippen molar-refractivity contribution in [2.45, 2.75) is 12.5 Å². The molecular formula is C12H17ClN2O. The van der Waals surface area contributed by atoms with Gasteiger partial charge in [-0.1, -0.05) is 11.6 Å². The van der Waals surface area contributed by atoms with Gasteiger partial charge in [-0.3, -0.25) is 0 Å². The number of nitrogens with one attached hydrogen (secondary N) is 2. The molecule has 0 spiro atoms. The Bertz CT molecular complexity index is 375. The third-order valence-electron chi connectivity index (χ3n) is 3.05. The van der Waals surface area contributed by atoms with E-state index in [1.54, 1.807) is 7.11 Å². The first-order valence-electron chi connectivity index (χ1n) is 5.45. The van der Waals surface area contributed by atoms with Gasteiger partial charge in [0.05, 0.1) is 12.6 Å². The van der Waals surface area contributed by atoms with Crippen LogP contribution in [0.2, 0.25) is 5.02 Å². The number of piperazine rings is 1. The average Bonchev–Trinajstić information content (AvgIpc) is 2.30. The minimum Gasteiger partial charge on any atom is -0.496 e. The molecule has 1 aromatic rings. The summed E-state index contributed by atoms with van der Waals surface area (Å²) in [5, 5.41) is 7.64. The number of rotatable bonds is 2. The maximum atomic E-state index is 6.05. The molecule has 2 N–H and O–H groups in total. The number of halogens is 1. The molecule has 1 saturated heterocycles. The van der Waals surface area contributed by atoms with E-state index < -0.39 is 0 Å². The molecule has 1 aliphatic heterocycles. The minimum absolute atomic E-state index is 0.117. The van der Waals surface area contributed by atoms with E-state index in [0.29, 0.717) is 0 Å². The van der Waals surface area contributed by atoms with E-state index >= 15 is 0 Å². The van der Waals surface area contributed by atoms with E-state index in [1.165, 1.54) is 0 Å². The molecule has 0 aromatic heterocycles. The van der Waals surface area contributed by atoms with Gasteiger partial charge in [0.1, 0.15) is 5.75 Å². The zero-order valence-electron chi connectivity index (χ0n) is 9.64. The van der Waals surface area contributed by atoms with Crippen LogP contribution in [0.5, 0.6) is 5.75 Å². The van der Waals surface area contributed by atoms with Crippen LogP contribution in [-0.2, 0) is 5.54 Å². The van der Waals surface area contributed by atoms with Crippen LogP contribution in [0.4, 0.5) is 0 Å². The molecule has 1 aliphatic rings. The van der Waals surface area contributed by atoms with E-state index in [0.717, 1.165) is 36.0 Å². The topological polar surface area (TPSA) is 33.3 Å². The van der Waals surface area contributed by atoms with Crippen LogP contribution >= 0.6 is 11.6 Å². The molecule has 88 valence electrons. The largest absolute Gasteiger partial charge is 0.496 e. The Hall–Kier alpha value is -0.770. The van der Waals surface area contributed by atoms with Crippen LogP contribution < -0.4 is 15.4 Å². The van der Waals surface area contributed by atoms with E-state index in [2.05, 4.69) is 17.6 Å². The zero-order chi connectivity index (χ0) is 11.6. The van der Waals surface area contributed by atoms with Gasteiger partial charge >= 0.3 is 0 Å². The summed E-state index contributed by atoms with van der Waals surface area (Å²) in [6, 6.07) is 5.74. The van der Waals surface area contributed by atoms with E-state index in [4.69, 9.17) is 16.3 Å². The Labute approximate surface area is 101 Å². The van der Waals surface area contributed by atoms with Crippen LogP contribution in [-0.4, -0.2) is 26.7 Å². The fourth-order valence-corrected chi connectivity index (χ4v) is 2.30. The molecule has 0 radical (unpaired) electrons. The number of hydrogen-bond donors (Lipinski definition) is 2. The van der Waals surface area contributed by atoms with Gasteiger partial charge in [0, 0.05) is 30.2 Å². The van der Waals surface area contributed by atoms with Crippen molar-refractivity contribution in [3.05, 3.63) is 28.8 Å². The second kappa shape index (κ2) is 4.62. The highest BCUT2D eigenvalue weighted by Crippen LogP contribution is 2.32. The van der Waals surface area contributed by atoms with Crippen molar-refractivity contribution in [3.63, 3.8) is 0 Å². The van der Waals surface area contributed by atoms with Gasteiger partial charge < -0.3 is 15.4 Å². The SMILES string of the molecule is COc1ccc(Cl)cc1C1(C)CNCCN1. The van der Waals surface area contributed by atoms with Crippen molar-refractivity contribution in [2.24, 2.45) is 0 Å². The fourth-order valence-electron chi connectivity index (χ4n) is 2.13. The van der Waals surface area contributed by atoms with Gasteiger partial charge in [0.2, 0.25) is 0 Å². The lowest BCUT2D eigenvalue weighted by atomic mass is 9.89. The van der Waals surface area contributed by atoms with Crippen LogP contribution in [0.25, 0.3) is 0 Å². The Morgan fingerprint density at radius 2 is 2.19 bits per heavy atom. The summed E-state index contributed by atoms with van der Waals surface area (Å²) >= 11 is 6.05. The van der Waals surface area contributed by atoms with Crippen LogP contribution in [0.1, 0.15) is 12.5 Å².